The van der Waals surface area contributed by atoms with Gasteiger partial charge in [0.1, 0.15) is 0 Å². The van der Waals surface area contributed by atoms with Gasteiger partial charge in [-0.3, -0.25) is 4.79 Å². The van der Waals surface area contributed by atoms with E-state index in [9.17, 15) is 4.79 Å². The van der Waals surface area contributed by atoms with Crippen molar-refractivity contribution in [3.8, 4) is 0 Å². The molecule has 1 unspecified atom stereocenters. The maximum absolute atomic E-state index is 11.9. The largest absolute Gasteiger partial charge is 0.348 e. The van der Waals surface area contributed by atoms with Crippen LogP contribution in [-0.2, 0) is 6.54 Å². The van der Waals surface area contributed by atoms with Gasteiger partial charge in [0.15, 0.2) is 0 Å². The topological polar surface area (TPSA) is 55.1 Å². The van der Waals surface area contributed by atoms with Crippen LogP contribution >= 0.6 is 24.2 Å². The second-order valence-electron chi connectivity index (χ2n) is 3.94. The van der Waals surface area contributed by atoms with E-state index in [2.05, 4.69) is 12.2 Å². The molecule has 1 aromatic carbocycles. The SMILES string of the molecule is CCC(CSC)NC(=O)c1ccc(CN)cc1.Cl. The van der Waals surface area contributed by atoms with E-state index < -0.39 is 0 Å². The Bertz CT molecular complexity index is 357. The number of carbonyl (C=O) groups is 1. The molecule has 3 nitrogen and oxygen atoms in total. The molecule has 0 saturated carbocycles. The lowest BCUT2D eigenvalue weighted by Gasteiger charge is -2.15. The highest BCUT2D eigenvalue weighted by molar-refractivity contribution is 7.98. The van der Waals surface area contributed by atoms with E-state index in [0.717, 1.165) is 17.7 Å². The van der Waals surface area contributed by atoms with Crippen molar-refractivity contribution in [1.29, 1.82) is 0 Å². The van der Waals surface area contributed by atoms with E-state index in [1.165, 1.54) is 0 Å². The highest BCUT2D eigenvalue weighted by Crippen LogP contribution is 2.06. The second-order valence-corrected chi connectivity index (χ2v) is 4.85. The van der Waals surface area contributed by atoms with Gasteiger partial charge < -0.3 is 11.1 Å². The average molecular weight is 289 g/mol. The van der Waals surface area contributed by atoms with Crippen molar-refractivity contribution in [2.24, 2.45) is 5.73 Å². The van der Waals surface area contributed by atoms with E-state index in [1.54, 1.807) is 11.8 Å². The quantitative estimate of drug-likeness (QED) is 0.845. The molecule has 5 heteroatoms. The van der Waals surface area contributed by atoms with Gasteiger partial charge in [-0.05, 0) is 30.4 Å². The van der Waals surface area contributed by atoms with Crippen LogP contribution < -0.4 is 11.1 Å². The fraction of sp³-hybridized carbons (Fsp3) is 0.462. The Balaban J connectivity index is 0.00000289. The molecule has 0 radical (unpaired) electrons. The minimum atomic E-state index is -0.00512. The first-order valence-corrected chi connectivity index (χ1v) is 7.19. The van der Waals surface area contributed by atoms with Crippen molar-refractivity contribution in [1.82, 2.24) is 5.32 Å². The second kappa shape index (κ2) is 9.25. The number of amides is 1. The molecular weight excluding hydrogens is 268 g/mol. The number of benzene rings is 1. The molecule has 0 spiro atoms. The zero-order chi connectivity index (χ0) is 12.7. The van der Waals surface area contributed by atoms with Crippen molar-refractivity contribution in [2.45, 2.75) is 25.9 Å². The molecule has 0 bridgehead atoms. The Kier molecular flexibility index (Phi) is 8.89. The molecule has 3 N–H and O–H groups in total. The molecule has 1 amide bonds. The summed E-state index contributed by atoms with van der Waals surface area (Å²) in [6.45, 7) is 2.59. The number of carbonyl (C=O) groups excluding carboxylic acids is 1. The molecule has 0 fully saturated rings. The van der Waals surface area contributed by atoms with Crippen molar-refractivity contribution in [3.05, 3.63) is 35.4 Å². The standard InChI is InChI=1S/C13H20N2OS.ClH/c1-3-12(9-17-2)15-13(16)11-6-4-10(8-14)5-7-11;/h4-7,12H,3,8-9,14H2,1-2H3,(H,15,16);1H. The van der Waals surface area contributed by atoms with Crippen LogP contribution in [0.25, 0.3) is 0 Å². The van der Waals surface area contributed by atoms with Gasteiger partial charge >= 0.3 is 0 Å². The van der Waals surface area contributed by atoms with Gasteiger partial charge in [0.2, 0.25) is 0 Å². The summed E-state index contributed by atoms with van der Waals surface area (Å²) in [6, 6.07) is 7.67. The molecule has 0 aliphatic heterocycles. The summed E-state index contributed by atoms with van der Waals surface area (Å²) in [5, 5.41) is 3.03. The van der Waals surface area contributed by atoms with Crippen LogP contribution in [-0.4, -0.2) is 24.0 Å². The summed E-state index contributed by atoms with van der Waals surface area (Å²) >= 11 is 1.75. The lowest BCUT2D eigenvalue weighted by molar-refractivity contribution is 0.0940. The Morgan fingerprint density at radius 2 is 2.00 bits per heavy atom. The molecule has 0 heterocycles. The fourth-order valence-corrected chi connectivity index (χ4v) is 2.25. The summed E-state index contributed by atoms with van der Waals surface area (Å²) in [7, 11) is 0. The highest BCUT2D eigenvalue weighted by atomic mass is 35.5. The summed E-state index contributed by atoms with van der Waals surface area (Å²) in [5.74, 6) is 0.942. The van der Waals surface area contributed by atoms with Gasteiger partial charge in [0.25, 0.3) is 5.91 Å². The van der Waals surface area contributed by atoms with E-state index in [1.807, 2.05) is 30.5 Å². The first-order chi connectivity index (χ1) is 8.21. The van der Waals surface area contributed by atoms with E-state index in [-0.39, 0.29) is 24.4 Å². The van der Waals surface area contributed by atoms with Crippen LogP contribution in [0, 0.1) is 0 Å². The summed E-state index contributed by atoms with van der Waals surface area (Å²) < 4.78 is 0. The zero-order valence-electron chi connectivity index (χ0n) is 10.8. The minimum Gasteiger partial charge on any atom is -0.348 e. The van der Waals surface area contributed by atoms with Crippen molar-refractivity contribution < 1.29 is 4.79 Å². The van der Waals surface area contributed by atoms with Crippen LogP contribution in [0.5, 0.6) is 0 Å². The van der Waals surface area contributed by atoms with Crippen LogP contribution in [0.4, 0.5) is 0 Å². The third kappa shape index (κ3) is 5.29. The summed E-state index contributed by atoms with van der Waals surface area (Å²) in [5.41, 5.74) is 7.25. The fourth-order valence-electron chi connectivity index (χ4n) is 1.52. The average Bonchev–Trinajstić information content (AvgIpc) is 2.38. The number of rotatable bonds is 6. The van der Waals surface area contributed by atoms with Crippen molar-refractivity contribution in [2.75, 3.05) is 12.0 Å². The monoisotopic (exact) mass is 288 g/mol. The smallest absolute Gasteiger partial charge is 0.251 e. The van der Waals surface area contributed by atoms with E-state index in [0.29, 0.717) is 12.1 Å². The molecule has 0 saturated heterocycles. The van der Waals surface area contributed by atoms with E-state index >= 15 is 0 Å². The Labute approximate surface area is 119 Å². The third-order valence-electron chi connectivity index (χ3n) is 2.65. The number of nitrogens with two attached hydrogens (primary N) is 1. The molecule has 0 aliphatic rings. The van der Waals surface area contributed by atoms with Crippen molar-refractivity contribution >= 4 is 30.1 Å². The Hall–Kier alpha value is -0.710. The Morgan fingerprint density at radius 1 is 1.39 bits per heavy atom. The van der Waals surface area contributed by atoms with Crippen molar-refractivity contribution in [3.63, 3.8) is 0 Å². The van der Waals surface area contributed by atoms with Gasteiger partial charge in [-0.15, -0.1) is 12.4 Å². The van der Waals surface area contributed by atoms with Gasteiger partial charge in [-0.1, -0.05) is 19.1 Å². The summed E-state index contributed by atoms with van der Waals surface area (Å²) in [4.78, 5) is 11.9. The lowest BCUT2D eigenvalue weighted by Crippen LogP contribution is -2.36. The van der Waals surface area contributed by atoms with Gasteiger partial charge in [-0.25, -0.2) is 0 Å². The normalized spacial score (nSPS) is 11.5. The number of nitrogens with one attached hydrogen (secondary N) is 1. The molecule has 18 heavy (non-hydrogen) atoms. The predicted molar refractivity (Wildman–Crippen MR) is 81.5 cm³/mol. The molecule has 0 aromatic heterocycles. The molecule has 0 aliphatic carbocycles. The predicted octanol–water partition coefficient (Wildman–Crippen LogP) is 2.44. The van der Waals surface area contributed by atoms with E-state index in [4.69, 9.17) is 5.73 Å². The number of hydrogen-bond acceptors (Lipinski definition) is 3. The van der Waals surface area contributed by atoms with Crippen LogP contribution in [0.1, 0.15) is 29.3 Å². The lowest BCUT2D eigenvalue weighted by atomic mass is 10.1. The maximum Gasteiger partial charge on any atom is 0.251 e. The maximum atomic E-state index is 11.9. The highest BCUT2D eigenvalue weighted by Gasteiger charge is 2.11. The zero-order valence-corrected chi connectivity index (χ0v) is 12.4. The molecular formula is C13H21ClN2OS. The van der Waals surface area contributed by atoms with Crippen LogP contribution in [0.2, 0.25) is 0 Å². The molecule has 1 rings (SSSR count). The first-order valence-electron chi connectivity index (χ1n) is 5.80. The van der Waals surface area contributed by atoms with Crippen LogP contribution in [0.3, 0.4) is 0 Å². The number of thioether (sulfide) groups is 1. The molecule has 1 atom stereocenters. The van der Waals surface area contributed by atoms with Gasteiger partial charge in [0, 0.05) is 23.9 Å². The first kappa shape index (κ1) is 17.3. The number of hydrogen-bond donors (Lipinski definition) is 2. The minimum absolute atomic E-state index is 0. The van der Waals surface area contributed by atoms with Gasteiger partial charge in [-0.2, -0.15) is 11.8 Å². The molecule has 102 valence electrons. The molecule has 1 aromatic rings. The number of halogens is 1. The van der Waals surface area contributed by atoms with Gasteiger partial charge in [0.05, 0.1) is 0 Å². The Morgan fingerprint density at radius 3 is 2.44 bits per heavy atom. The third-order valence-corrected chi connectivity index (χ3v) is 3.38. The summed E-state index contributed by atoms with van der Waals surface area (Å²) in [6.07, 6.45) is 3.00. The van der Waals surface area contributed by atoms with Crippen LogP contribution in [0.15, 0.2) is 24.3 Å².